The molecule has 1 heterocycles. The van der Waals surface area contributed by atoms with E-state index in [-0.39, 0.29) is 34.0 Å². The van der Waals surface area contributed by atoms with Crippen LogP contribution >= 0.6 is 23.2 Å². The van der Waals surface area contributed by atoms with E-state index in [2.05, 4.69) is 0 Å². The molecule has 0 aliphatic heterocycles. The topological polar surface area (TPSA) is 97.5 Å². The van der Waals surface area contributed by atoms with Gasteiger partial charge in [0.2, 0.25) is 0 Å². The largest absolute Gasteiger partial charge is 0.508 e. The zero-order valence-electron chi connectivity index (χ0n) is 14.5. The summed E-state index contributed by atoms with van der Waals surface area (Å²) in [7, 11) is 0. The summed E-state index contributed by atoms with van der Waals surface area (Å²) < 4.78 is 11.4. The van der Waals surface area contributed by atoms with Gasteiger partial charge in [-0.25, -0.2) is 14.6 Å². The number of benzene rings is 2. The first-order valence-corrected chi connectivity index (χ1v) is 8.79. The van der Waals surface area contributed by atoms with Gasteiger partial charge in [0.1, 0.15) is 11.5 Å². The van der Waals surface area contributed by atoms with Crippen LogP contribution in [0.15, 0.2) is 44.4 Å². The van der Waals surface area contributed by atoms with E-state index in [4.69, 9.17) is 32.5 Å². The number of aromatic nitrogens is 2. The maximum Gasteiger partial charge on any atom is 0.440 e. The fourth-order valence-corrected chi connectivity index (χ4v) is 3.17. The van der Waals surface area contributed by atoms with Crippen molar-refractivity contribution < 1.29 is 14.4 Å². The lowest BCUT2D eigenvalue weighted by atomic mass is 10.0. The van der Waals surface area contributed by atoms with Crippen molar-refractivity contribution >= 4 is 23.2 Å². The van der Waals surface area contributed by atoms with Gasteiger partial charge in [-0.3, -0.25) is 0 Å². The fourth-order valence-electron chi connectivity index (χ4n) is 2.56. The van der Waals surface area contributed by atoms with Crippen molar-refractivity contribution in [3.8, 4) is 17.2 Å². The first-order chi connectivity index (χ1) is 12.7. The molecule has 9 heteroatoms. The standard InChI is InChI=1S/C18H16Cl2N2O5/c1-9(2)12-7-11(3-4-15(12)23)26-16-13(19)5-10(6-14(16)20)8-22-17(24)21-18(25)27-22/h3-7,9,23H,8H2,1-2H3,(H,21,24,25). The number of rotatable bonds is 5. The van der Waals surface area contributed by atoms with E-state index in [0.29, 0.717) is 11.3 Å². The summed E-state index contributed by atoms with van der Waals surface area (Å²) in [5.74, 6) is 0.163. The summed E-state index contributed by atoms with van der Waals surface area (Å²) >= 11 is 12.6. The number of nitrogens with one attached hydrogen (secondary N) is 1. The van der Waals surface area contributed by atoms with Gasteiger partial charge >= 0.3 is 11.4 Å². The zero-order valence-corrected chi connectivity index (χ0v) is 16.0. The van der Waals surface area contributed by atoms with E-state index in [1.165, 1.54) is 0 Å². The number of H-pyrrole nitrogens is 1. The van der Waals surface area contributed by atoms with E-state index in [9.17, 15) is 14.7 Å². The lowest BCUT2D eigenvalue weighted by molar-refractivity contribution is 0.258. The Morgan fingerprint density at radius 3 is 2.41 bits per heavy atom. The SMILES string of the molecule is CC(C)c1cc(Oc2c(Cl)cc(Cn3oc(=O)[nH]c3=O)cc2Cl)ccc1O. The molecule has 0 aliphatic carbocycles. The second kappa shape index (κ2) is 7.54. The Balaban J connectivity index is 1.89. The number of hydrogen-bond acceptors (Lipinski definition) is 5. The number of aromatic hydroxyl groups is 1. The molecule has 0 spiro atoms. The van der Waals surface area contributed by atoms with Crippen molar-refractivity contribution in [2.24, 2.45) is 0 Å². The summed E-state index contributed by atoms with van der Waals surface area (Å²) in [6.07, 6.45) is 0. The first kappa shape index (κ1) is 19.1. The van der Waals surface area contributed by atoms with Crippen LogP contribution in [0.3, 0.4) is 0 Å². The Labute approximate surface area is 163 Å². The molecule has 27 heavy (non-hydrogen) atoms. The van der Waals surface area contributed by atoms with E-state index >= 15 is 0 Å². The third kappa shape index (κ3) is 4.20. The predicted octanol–water partition coefficient (Wildman–Crippen LogP) is 4.11. The number of halogens is 2. The number of phenols is 1. The van der Waals surface area contributed by atoms with Gasteiger partial charge in [0, 0.05) is 5.56 Å². The maximum absolute atomic E-state index is 11.5. The average molecular weight is 411 g/mol. The van der Waals surface area contributed by atoms with Crippen molar-refractivity contribution in [1.29, 1.82) is 0 Å². The maximum atomic E-state index is 11.5. The summed E-state index contributed by atoms with van der Waals surface area (Å²) in [5, 5.41) is 10.4. The van der Waals surface area contributed by atoms with Gasteiger partial charge in [0.15, 0.2) is 5.75 Å². The molecule has 0 radical (unpaired) electrons. The van der Waals surface area contributed by atoms with Crippen LogP contribution in [-0.2, 0) is 6.54 Å². The third-order valence-electron chi connectivity index (χ3n) is 3.85. The van der Waals surface area contributed by atoms with Crippen LogP contribution < -0.4 is 16.2 Å². The predicted molar refractivity (Wildman–Crippen MR) is 101 cm³/mol. The molecule has 2 N–H and O–H groups in total. The van der Waals surface area contributed by atoms with Gasteiger partial charge in [-0.05, 0) is 41.8 Å². The van der Waals surface area contributed by atoms with Gasteiger partial charge in [0.25, 0.3) is 0 Å². The molecular formula is C18H16Cl2N2O5. The minimum Gasteiger partial charge on any atom is -0.508 e. The summed E-state index contributed by atoms with van der Waals surface area (Å²) in [6, 6.07) is 7.99. The molecule has 0 bridgehead atoms. The second-order valence-corrected chi connectivity index (χ2v) is 7.03. The van der Waals surface area contributed by atoms with E-state index in [0.717, 1.165) is 10.3 Å². The number of aromatic amines is 1. The normalized spacial score (nSPS) is 11.1. The van der Waals surface area contributed by atoms with Gasteiger partial charge < -0.3 is 14.4 Å². The van der Waals surface area contributed by atoms with E-state index in [1.807, 2.05) is 18.8 Å². The van der Waals surface area contributed by atoms with Gasteiger partial charge in [0.05, 0.1) is 16.6 Å². The van der Waals surface area contributed by atoms with Gasteiger partial charge in [-0.1, -0.05) is 37.0 Å². The van der Waals surface area contributed by atoms with Crippen molar-refractivity contribution in [2.75, 3.05) is 0 Å². The monoisotopic (exact) mass is 410 g/mol. The summed E-state index contributed by atoms with van der Waals surface area (Å²) in [6.45, 7) is 3.89. The molecule has 0 fully saturated rings. The number of ether oxygens (including phenoxy) is 1. The number of hydrogen-bond donors (Lipinski definition) is 2. The molecule has 3 aromatic rings. The molecule has 0 aliphatic rings. The Hall–Kier alpha value is -2.64. The highest BCUT2D eigenvalue weighted by Crippen LogP contribution is 2.39. The van der Waals surface area contributed by atoms with Crippen LogP contribution in [0.2, 0.25) is 10.0 Å². The molecule has 0 atom stereocenters. The van der Waals surface area contributed by atoms with Crippen LogP contribution in [0.25, 0.3) is 0 Å². The molecule has 1 aromatic heterocycles. The van der Waals surface area contributed by atoms with Gasteiger partial charge in [-0.15, -0.1) is 4.74 Å². The van der Waals surface area contributed by atoms with Crippen molar-refractivity contribution in [2.45, 2.75) is 26.3 Å². The lowest BCUT2D eigenvalue weighted by Crippen LogP contribution is -2.17. The summed E-state index contributed by atoms with van der Waals surface area (Å²) in [5.41, 5.74) is 0.617. The van der Waals surface area contributed by atoms with Crippen molar-refractivity contribution in [1.82, 2.24) is 9.72 Å². The average Bonchev–Trinajstić information content (AvgIpc) is 2.89. The first-order valence-electron chi connectivity index (χ1n) is 8.03. The smallest absolute Gasteiger partial charge is 0.440 e. The Morgan fingerprint density at radius 1 is 1.19 bits per heavy atom. The Bertz CT molecular complexity index is 1070. The molecule has 0 amide bonds. The van der Waals surface area contributed by atoms with E-state index in [1.54, 1.807) is 30.3 Å². The molecular weight excluding hydrogens is 395 g/mol. The van der Waals surface area contributed by atoms with Crippen LogP contribution in [-0.4, -0.2) is 14.8 Å². The van der Waals surface area contributed by atoms with Gasteiger partial charge in [-0.2, -0.15) is 0 Å². The Kier molecular flexibility index (Phi) is 5.34. The van der Waals surface area contributed by atoms with Crippen molar-refractivity contribution in [3.05, 3.63) is 72.5 Å². The number of phenolic OH excluding ortho intramolecular Hbond substituents is 1. The quantitative estimate of drug-likeness (QED) is 0.659. The number of nitrogens with zero attached hydrogens (tertiary/aromatic N) is 1. The van der Waals surface area contributed by atoms with E-state index < -0.39 is 11.4 Å². The van der Waals surface area contributed by atoms with Crippen LogP contribution in [0.5, 0.6) is 17.2 Å². The molecule has 0 saturated carbocycles. The van der Waals surface area contributed by atoms with Crippen molar-refractivity contribution in [3.63, 3.8) is 0 Å². The molecule has 7 nitrogen and oxygen atoms in total. The van der Waals surface area contributed by atoms with Crippen LogP contribution in [0.4, 0.5) is 0 Å². The molecule has 0 unspecified atom stereocenters. The highest BCUT2D eigenvalue weighted by molar-refractivity contribution is 6.37. The minimum atomic E-state index is -0.842. The molecule has 3 rings (SSSR count). The fraction of sp³-hybridized carbons (Fsp3) is 0.222. The molecule has 2 aromatic carbocycles. The Morgan fingerprint density at radius 2 is 1.85 bits per heavy atom. The lowest BCUT2D eigenvalue weighted by Gasteiger charge is -2.14. The van der Waals surface area contributed by atoms with Crippen LogP contribution in [0.1, 0.15) is 30.9 Å². The highest BCUT2D eigenvalue weighted by atomic mass is 35.5. The molecule has 0 saturated heterocycles. The molecule has 142 valence electrons. The zero-order chi connectivity index (χ0) is 19.7. The summed E-state index contributed by atoms with van der Waals surface area (Å²) in [4.78, 5) is 24.6. The van der Waals surface area contributed by atoms with Crippen LogP contribution in [0, 0.1) is 0 Å². The minimum absolute atomic E-state index is 0.0198. The highest BCUT2D eigenvalue weighted by Gasteiger charge is 2.14. The third-order valence-corrected chi connectivity index (χ3v) is 4.42. The second-order valence-electron chi connectivity index (χ2n) is 6.21.